The summed E-state index contributed by atoms with van der Waals surface area (Å²) in [5.41, 5.74) is 1.59. The second-order valence-electron chi connectivity index (χ2n) is 6.48. The molecule has 0 bridgehead atoms. The van der Waals surface area contributed by atoms with E-state index in [0.29, 0.717) is 36.8 Å². The Labute approximate surface area is 163 Å². The van der Waals surface area contributed by atoms with Crippen molar-refractivity contribution >= 4 is 27.3 Å². The number of halogens is 1. The summed E-state index contributed by atoms with van der Waals surface area (Å²) < 4.78 is 26.8. The fourth-order valence-electron chi connectivity index (χ4n) is 3.08. The number of sulfonamides is 1. The smallest absolute Gasteiger partial charge is 0.269 e. The van der Waals surface area contributed by atoms with Crippen molar-refractivity contribution in [2.75, 3.05) is 26.2 Å². The van der Waals surface area contributed by atoms with E-state index in [9.17, 15) is 18.5 Å². The molecule has 144 valence electrons. The summed E-state index contributed by atoms with van der Waals surface area (Å²) >= 11 is 6.01. The molecule has 0 N–H and O–H groups in total. The Morgan fingerprint density at radius 3 is 2.26 bits per heavy atom. The van der Waals surface area contributed by atoms with E-state index < -0.39 is 14.9 Å². The van der Waals surface area contributed by atoms with Crippen LogP contribution in [0.2, 0.25) is 5.02 Å². The van der Waals surface area contributed by atoms with E-state index >= 15 is 0 Å². The highest BCUT2D eigenvalue weighted by Gasteiger charge is 2.27. The Morgan fingerprint density at radius 2 is 1.67 bits per heavy atom. The van der Waals surface area contributed by atoms with Gasteiger partial charge in [-0.25, -0.2) is 8.42 Å². The van der Waals surface area contributed by atoms with Crippen molar-refractivity contribution in [2.45, 2.75) is 12.3 Å². The maximum atomic E-state index is 12.6. The maximum absolute atomic E-state index is 12.6. The Kier molecular flexibility index (Phi) is 6.11. The maximum Gasteiger partial charge on any atom is 0.269 e. The van der Waals surface area contributed by atoms with Gasteiger partial charge in [0, 0.05) is 49.9 Å². The third-order valence-electron chi connectivity index (χ3n) is 4.52. The number of non-ortho nitro benzene ring substituents is 1. The normalized spacial score (nSPS) is 16.3. The lowest BCUT2D eigenvalue weighted by atomic mass is 10.2. The minimum atomic E-state index is -3.46. The van der Waals surface area contributed by atoms with Crippen molar-refractivity contribution in [3.63, 3.8) is 0 Å². The molecule has 1 fully saturated rings. The molecule has 0 unspecified atom stereocenters. The van der Waals surface area contributed by atoms with Crippen LogP contribution in [-0.2, 0) is 22.3 Å². The summed E-state index contributed by atoms with van der Waals surface area (Å²) in [5, 5.41) is 11.4. The quantitative estimate of drug-likeness (QED) is 0.541. The fraction of sp³-hybridized carbons (Fsp3) is 0.333. The van der Waals surface area contributed by atoms with Crippen LogP contribution in [0.5, 0.6) is 0 Å². The zero-order chi connectivity index (χ0) is 19.4. The number of nitrogens with zero attached hydrogens (tertiary/aromatic N) is 3. The van der Waals surface area contributed by atoms with Gasteiger partial charge in [-0.15, -0.1) is 0 Å². The lowest BCUT2D eigenvalue weighted by molar-refractivity contribution is -0.384. The minimum Gasteiger partial charge on any atom is -0.296 e. The predicted octanol–water partition coefficient (Wildman–Crippen LogP) is 2.90. The largest absolute Gasteiger partial charge is 0.296 e. The number of piperazine rings is 1. The molecule has 1 heterocycles. The van der Waals surface area contributed by atoms with E-state index in [1.807, 2.05) is 24.3 Å². The van der Waals surface area contributed by atoms with Gasteiger partial charge in [-0.05, 0) is 23.3 Å². The number of rotatable bonds is 6. The van der Waals surface area contributed by atoms with Crippen molar-refractivity contribution in [3.05, 3.63) is 74.8 Å². The molecule has 1 saturated heterocycles. The number of benzene rings is 2. The summed E-state index contributed by atoms with van der Waals surface area (Å²) in [5.74, 6) is -0.153. The Morgan fingerprint density at radius 1 is 1.00 bits per heavy atom. The summed E-state index contributed by atoms with van der Waals surface area (Å²) in [6.45, 7) is 2.88. The second-order valence-corrected chi connectivity index (χ2v) is 8.89. The van der Waals surface area contributed by atoms with Gasteiger partial charge in [0.15, 0.2) is 0 Å². The van der Waals surface area contributed by atoms with E-state index in [1.54, 1.807) is 0 Å². The van der Waals surface area contributed by atoms with E-state index in [-0.39, 0.29) is 11.4 Å². The summed E-state index contributed by atoms with van der Waals surface area (Å²) in [6.07, 6.45) is 0. The Bertz CT molecular complexity index is 910. The first kappa shape index (κ1) is 19.8. The van der Waals surface area contributed by atoms with Crippen LogP contribution in [0.15, 0.2) is 48.5 Å². The molecule has 0 aliphatic carbocycles. The zero-order valence-electron chi connectivity index (χ0n) is 14.6. The third kappa shape index (κ3) is 5.26. The summed E-state index contributed by atoms with van der Waals surface area (Å²) in [6, 6.07) is 13.3. The molecule has 0 atom stereocenters. The van der Waals surface area contributed by atoms with E-state index in [0.717, 1.165) is 12.1 Å². The number of nitro benzene ring substituents is 1. The number of nitro groups is 1. The number of hydrogen-bond acceptors (Lipinski definition) is 5. The first-order chi connectivity index (χ1) is 12.8. The van der Waals surface area contributed by atoms with Crippen LogP contribution in [0.1, 0.15) is 11.1 Å². The lowest BCUT2D eigenvalue weighted by Crippen LogP contribution is -2.48. The van der Waals surface area contributed by atoms with E-state index in [4.69, 9.17) is 11.6 Å². The summed E-state index contributed by atoms with van der Waals surface area (Å²) in [7, 11) is -3.46. The van der Waals surface area contributed by atoms with Crippen molar-refractivity contribution in [3.8, 4) is 0 Å². The number of hydrogen-bond donors (Lipinski definition) is 0. The molecule has 3 rings (SSSR count). The van der Waals surface area contributed by atoms with E-state index in [1.165, 1.54) is 28.6 Å². The molecule has 9 heteroatoms. The van der Waals surface area contributed by atoms with Crippen molar-refractivity contribution in [1.29, 1.82) is 0 Å². The van der Waals surface area contributed by atoms with Crippen LogP contribution in [0.3, 0.4) is 0 Å². The molecule has 2 aromatic rings. The molecule has 0 radical (unpaired) electrons. The van der Waals surface area contributed by atoms with Gasteiger partial charge >= 0.3 is 0 Å². The SMILES string of the molecule is O=[N+]([O-])c1ccc(CS(=O)(=O)N2CCN(Cc3cccc(Cl)c3)CC2)cc1. The highest BCUT2D eigenvalue weighted by molar-refractivity contribution is 7.88. The van der Waals surface area contributed by atoms with Crippen LogP contribution in [0, 0.1) is 10.1 Å². The van der Waals surface area contributed by atoms with Crippen LogP contribution in [-0.4, -0.2) is 48.7 Å². The first-order valence-corrected chi connectivity index (χ1v) is 10.5. The zero-order valence-corrected chi connectivity index (χ0v) is 16.2. The second kappa shape index (κ2) is 8.35. The molecular formula is C18H20ClN3O4S. The van der Waals surface area contributed by atoms with Gasteiger partial charge in [-0.1, -0.05) is 35.9 Å². The van der Waals surface area contributed by atoms with Gasteiger partial charge in [-0.3, -0.25) is 15.0 Å². The van der Waals surface area contributed by atoms with Crippen LogP contribution in [0.25, 0.3) is 0 Å². The van der Waals surface area contributed by atoms with Crippen molar-refractivity contribution in [1.82, 2.24) is 9.21 Å². The molecule has 0 aromatic heterocycles. The molecule has 0 saturated carbocycles. The van der Waals surface area contributed by atoms with Gasteiger partial charge in [0.05, 0.1) is 10.7 Å². The lowest BCUT2D eigenvalue weighted by Gasteiger charge is -2.34. The van der Waals surface area contributed by atoms with Gasteiger partial charge in [0.25, 0.3) is 5.69 Å². The van der Waals surface area contributed by atoms with Crippen molar-refractivity contribution in [2.24, 2.45) is 0 Å². The Balaban J connectivity index is 1.56. The standard InChI is InChI=1S/C18H20ClN3O4S/c19-17-3-1-2-16(12-17)13-20-8-10-21(11-9-20)27(25,26)14-15-4-6-18(7-5-15)22(23)24/h1-7,12H,8-11,13-14H2. The average molecular weight is 410 g/mol. The molecular weight excluding hydrogens is 390 g/mol. The first-order valence-electron chi connectivity index (χ1n) is 8.51. The van der Waals surface area contributed by atoms with Gasteiger partial charge in [0.2, 0.25) is 10.0 Å². The average Bonchev–Trinajstić information content (AvgIpc) is 2.62. The molecule has 2 aromatic carbocycles. The van der Waals surface area contributed by atoms with E-state index in [2.05, 4.69) is 4.90 Å². The van der Waals surface area contributed by atoms with Gasteiger partial charge in [-0.2, -0.15) is 4.31 Å². The van der Waals surface area contributed by atoms with Gasteiger partial charge in [0.1, 0.15) is 0 Å². The predicted molar refractivity (Wildman–Crippen MR) is 104 cm³/mol. The Hall–Kier alpha value is -2.00. The monoisotopic (exact) mass is 409 g/mol. The summed E-state index contributed by atoms with van der Waals surface area (Å²) in [4.78, 5) is 12.4. The molecule has 0 amide bonds. The fourth-order valence-corrected chi connectivity index (χ4v) is 4.80. The molecule has 0 spiro atoms. The van der Waals surface area contributed by atoms with Crippen LogP contribution in [0.4, 0.5) is 5.69 Å². The molecule has 1 aliphatic rings. The minimum absolute atomic E-state index is 0.0502. The van der Waals surface area contributed by atoms with Crippen molar-refractivity contribution < 1.29 is 13.3 Å². The highest BCUT2D eigenvalue weighted by Crippen LogP contribution is 2.18. The molecule has 27 heavy (non-hydrogen) atoms. The van der Waals surface area contributed by atoms with Crippen LogP contribution < -0.4 is 0 Å². The van der Waals surface area contributed by atoms with Crippen LogP contribution >= 0.6 is 11.6 Å². The molecule has 7 nitrogen and oxygen atoms in total. The highest BCUT2D eigenvalue weighted by atomic mass is 35.5. The third-order valence-corrected chi connectivity index (χ3v) is 6.60. The molecule has 1 aliphatic heterocycles. The topological polar surface area (TPSA) is 83.8 Å². The van der Waals surface area contributed by atoms with Gasteiger partial charge < -0.3 is 0 Å².